The molecule has 4 aromatic rings. The lowest BCUT2D eigenvalue weighted by Crippen LogP contribution is -2.13. The van der Waals surface area contributed by atoms with Crippen molar-refractivity contribution in [3.63, 3.8) is 0 Å². The van der Waals surface area contributed by atoms with Gasteiger partial charge in [0.15, 0.2) is 0 Å². The minimum Gasteiger partial charge on any atom is -0.508 e. The van der Waals surface area contributed by atoms with Crippen molar-refractivity contribution in [3.05, 3.63) is 74.9 Å². The van der Waals surface area contributed by atoms with E-state index in [9.17, 15) is 9.90 Å². The number of hydrazone groups is 1. The van der Waals surface area contributed by atoms with Gasteiger partial charge in [-0.05, 0) is 37.3 Å². The molecule has 0 fully saturated rings. The van der Waals surface area contributed by atoms with E-state index in [1.54, 1.807) is 19.1 Å². The van der Waals surface area contributed by atoms with Crippen molar-refractivity contribution in [1.29, 1.82) is 0 Å². The maximum absolute atomic E-state index is 12.2. The van der Waals surface area contributed by atoms with Crippen LogP contribution in [0.2, 0.25) is 5.02 Å². The summed E-state index contributed by atoms with van der Waals surface area (Å²) in [6.07, 6.45) is 0. The van der Waals surface area contributed by atoms with Gasteiger partial charge in [-0.15, -0.1) is 11.3 Å². The minimum atomic E-state index is -0.526. The number of phenolic OH excluding ortho intramolecular Hbond substituents is 1. The normalized spacial score (nSPS) is 11.7. The van der Waals surface area contributed by atoms with E-state index >= 15 is 0 Å². The van der Waals surface area contributed by atoms with E-state index in [1.807, 2.05) is 29.6 Å². The van der Waals surface area contributed by atoms with E-state index in [0.717, 1.165) is 11.3 Å². The molecule has 0 spiro atoms. The lowest BCUT2D eigenvalue weighted by atomic mass is 10.1. The average Bonchev–Trinajstić information content (AvgIpc) is 3.15. The van der Waals surface area contributed by atoms with Crippen molar-refractivity contribution >= 4 is 44.8 Å². The summed E-state index contributed by atoms with van der Waals surface area (Å²) in [6.45, 7) is 1.71. The van der Waals surface area contributed by atoms with Crippen molar-refractivity contribution in [2.45, 2.75) is 6.92 Å². The van der Waals surface area contributed by atoms with Crippen LogP contribution >= 0.6 is 22.9 Å². The van der Waals surface area contributed by atoms with Crippen LogP contribution in [0.15, 0.2) is 68.2 Å². The Kier molecular flexibility index (Phi) is 4.85. The third-order valence-electron chi connectivity index (χ3n) is 4.07. The van der Waals surface area contributed by atoms with E-state index in [1.165, 1.54) is 23.5 Å². The van der Waals surface area contributed by atoms with Crippen LogP contribution in [0.3, 0.4) is 0 Å². The van der Waals surface area contributed by atoms with Gasteiger partial charge in [-0.25, -0.2) is 9.78 Å². The van der Waals surface area contributed by atoms with Crippen LogP contribution in [0.5, 0.6) is 5.75 Å². The summed E-state index contributed by atoms with van der Waals surface area (Å²) in [6, 6.07) is 13.7. The summed E-state index contributed by atoms with van der Waals surface area (Å²) in [4.78, 5) is 16.7. The fourth-order valence-corrected chi connectivity index (χ4v) is 3.41. The SMILES string of the molecule is CC(=NNc1nc(-c2ccc(Cl)cc2)cs1)c1cc2ccc(O)cc2oc1=O. The molecule has 2 aromatic heterocycles. The molecular weight excluding hydrogens is 398 g/mol. The number of nitrogens with one attached hydrogen (secondary N) is 1. The summed E-state index contributed by atoms with van der Waals surface area (Å²) < 4.78 is 5.27. The van der Waals surface area contributed by atoms with Crippen molar-refractivity contribution in [2.75, 3.05) is 5.43 Å². The van der Waals surface area contributed by atoms with Crippen LogP contribution in [-0.4, -0.2) is 15.8 Å². The van der Waals surface area contributed by atoms with E-state index in [0.29, 0.717) is 32.4 Å². The van der Waals surface area contributed by atoms with Crippen LogP contribution in [0.4, 0.5) is 5.13 Å². The largest absolute Gasteiger partial charge is 0.508 e. The first kappa shape index (κ1) is 18.2. The highest BCUT2D eigenvalue weighted by Crippen LogP contribution is 2.26. The van der Waals surface area contributed by atoms with Gasteiger partial charge in [0.25, 0.3) is 0 Å². The Morgan fingerprint density at radius 1 is 1.21 bits per heavy atom. The maximum Gasteiger partial charge on any atom is 0.345 e. The molecule has 2 heterocycles. The summed E-state index contributed by atoms with van der Waals surface area (Å²) in [5.41, 5.74) is 5.23. The van der Waals surface area contributed by atoms with Crippen molar-refractivity contribution in [1.82, 2.24) is 4.98 Å². The highest BCUT2D eigenvalue weighted by Gasteiger charge is 2.10. The molecule has 2 N–H and O–H groups in total. The zero-order chi connectivity index (χ0) is 19.7. The second kappa shape index (κ2) is 7.46. The Balaban J connectivity index is 1.57. The molecule has 0 saturated heterocycles. The van der Waals surface area contributed by atoms with Gasteiger partial charge >= 0.3 is 5.63 Å². The number of aromatic hydroxyl groups is 1. The smallest absolute Gasteiger partial charge is 0.345 e. The number of benzene rings is 2. The molecule has 2 aromatic carbocycles. The molecule has 0 aliphatic rings. The average molecular weight is 412 g/mol. The van der Waals surface area contributed by atoms with Gasteiger partial charge in [0, 0.05) is 27.4 Å². The number of aromatic nitrogens is 1. The second-order valence-corrected chi connectivity index (χ2v) is 7.32. The highest BCUT2D eigenvalue weighted by atomic mass is 35.5. The first-order chi connectivity index (χ1) is 13.5. The quantitative estimate of drug-likeness (QED) is 0.277. The Morgan fingerprint density at radius 3 is 2.79 bits per heavy atom. The van der Waals surface area contributed by atoms with E-state index in [4.69, 9.17) is 16.0 Å². The van der Waals surface area contributed by atoms with Crippen LogP contribution in [0.1, 0.15) is 12.5 Å². The summed E-state index contributed by atoms with van der Waals surface area (Å²) >= 11 is 7.31. The molecule has 8 heteroatoms. The Hall–Kier alpha value is -3.16. The summed E-state index contributed by atoms with van der Waals surface area (Å²) in [5, 5.41) is 17.6. The number of fused-ring (bicyclic) bond motifs is 1. The Labute approximate surface area is 168 Å². The number of hydrogen-bond acceptors (Lipinski definition) is 7. The van der Waals surface area contributed by atoms with Crippen molar-refractivity contribution in [3.8, 4) is 17.0 Å². The number of rotatable bonds is 4. The van der Waals surface area contributed by atoms with Crippen molar-refractivity contribution in [2.24, 2.45) is 5.10 Å². The fraction of sp³-hybridized carbons (Fsp3) is 0.0500. The molecule has 0 radical (unpaired) electrons. The van der Waals surface area contributed by atoms with E-state index < -0.39 is 5.63 Å². The number of hydrogen-bond donors (Lipinski definition) is 2. The zero-order valence-electron chi connectivity index (χ0n) is 14.6. The predicted molar refractivity (Wildman–Crippen MR) is 113 cm³/mol. The topological polar surface area (TPSA) is 87.7 Å². The standard InChI is InChI=1S/C20H14ClN3O3S/c1-11(16-8-13-4-7-15(25)9-18(13)27-19(16)26)23-24-20-22-17(10-28-20)12-2-5-14(21)6-3-12/h2-10,25H,1H3,(H,22,24). The molecular formula is C20H14ClN3O3S. The predicted octanol–water partition coefficient (Wildman–Crippen LogP) is 5.11. The molecule has 140 valence electrons. The monoisotopic (exact) mass is 411 g/mol. The van der Waals surface area contributed by atoms with Crippen LogP contribution in [0, 0.1) is 0 Å². The number of nitrogens with zero attached hydrogens (tertiary/aromatic N) is 2. The molecule has 4 rings (SSSR count). The molecule has 0 amide bonds. The molecule has 0 unspecified atom stereocenters. The Bertz CT molecular complexity index is 1250. The number of phenols is 1. The first-order valence-electron chi connectivity index (χ1n) is 8.28. The molecule has 0 aliphatic carbocycles. The molecule has 6 nitrogen and oxygen atoms in total. The van der Waals surface area contributed by atoms with Gasteiger partial charge in [-0.3, -0.25) is 5.43 Å². The van der Waals surface area contributed by atoms with Gasteiger partial charge in [-0.1, -0.05) is 23.7 Å². The lowest BCUT2D eigenvalue weighted by molar-refractivity contribution is 0.473. The third-order valence-corrected chi connectivity index (χ3v) is 5.07. The maximum atomic E-state index is 12.2. The van der Waals surface area contributed by atoms with E-state index in [-0.39, 0.29) is 5.75 Å². The van der Waals surface area contributed by atoms with Crippen LogP contribution < -0.4 is 11.1 Å². The zero-order valence-corrected chi connectivity index (χ0v) is 16.2. The summed E-state index contributed by atoms with van der Waals surface area (Å²) in [5.74, 6) is 0.0377. The van der Waals surface area contributed by atoms with Crippen molar-refractivity contribution < 1.29 is 9.52 Å². The third kappa shape index (κ3) is 3.76. The number of thiazole rings is 1. The van der Waals surface area contributed by atoms with Gasteiger partial charge < -0.3 is 9.52 Å². The lowest BCUT2D eigenvalue weighted by Gasteiger charge is -2.03. The van der Waals surface area contributed by atoms with Gasteiger partial charge in [0.1, 0.15) is 11.3 Å². The van der Waals surface area contributed by atoms with Gasteiger partial charge in [0.05, 0.1) is 17.0 Å². The molecule has 28 heavy (non-hydrogen) atoms. The highest BCUT2D eigenvalue weighted by molar-refractivity contribution is 7.14. The first-order valence-corrected chi connectivity index (χ1v) is 9.54. The second-order valence-electron chi connectivity index (χ2n) is 6.02. The molecule has 0 aliphatic heterocycles. The number of anilines is 1. The van der Waals surface area contributed by atoms with Crippen LogP contribution in [-0.2, 0) is 0 Å². The molecule has 0 saturated carbocycles. The van der Waals surface area contributed by atoms with Gasteiger partial charge in [0.2, 0.25) is 5.13 Å². The molecule has 0 bridgehead atoms. The van der Waals surface area contributed by atoms with Gasteiger partial charge in [-0.2, -0.15) is 5.10 Å². The number of halogens is 1. The summed E-state index contributed by atoms with van der Waals surface area (Å²) in [7, 11) is 0. The fourth-order valence-electron chi connectivity index (χ4n) is 2.62. The van der Waals surface area contributed by atoms with Crippen LogP contribution in [0.25, 0.3) is 22.2 Å². The Morgan fingerprint density at radius 2 is 2.00 bits per heavy atom. The molecule has 0 atom stereocenters. The minimum absolute atomic E-state index is 0.0377. The van der Waals surface area contributed by atoms with E-state index in [2.05, 4.69) is 15.5 Å².